The Kier molecular flexibility index (Phi) is 5.22. The molecule has 2 fully saturated rings. The van der Waals surface area contributed by atoms with Crippen molar-refractivity contribution in [1.29, 1.82) is 0 Å². The molecule has 2 aromatic rings. The smallest absolute Gasteiger partial charge is 0.221 e. The van der Waals surface area contributed by atoms with Crippen molar-refractivity contribution < 1.29 is 4.79 Å². The third-order valence-corrected chi connectivity index (χ3v) is 5.27. The summed E-state index contributed by atoms with van der Waals surface area (Å²) >= 11 is 6.21. The molecular formula is C21H27ClN4O. The maximum Gasteiger partial charge on any atom is 0.221 e. The standard InChI is InChI=1S/C21H27ClN4O/c1-13(2)12-26(10-9-19(27)23-16-6-7-16)21-17-8-5-15(22)11-18(17)24-20(25-21)14-3-4-14/h5,8,11,13-14,16H,3-4,6-7,9-10,12H2,1-2H3,(H,23,27). The number of carbonyl (C=O) groups is 1. The van der Waals surface area contributed by atoms with Crippen LogP contribution in [0.15, 0.2) is 18.2 Å². The summed E-state index contributed by atoms with van der Waals surface area (Å²) in [6, 6.07) is 6.21. The van der Waals surface area contributed by atoms with Crippen molar-refractivity contribution in [2.75, 3.05) is 18.0 Å². The number of aromatic nitrogens is 2. The Bertz CT molecular complexity index is 845. The molecule has 0 spiro atoms. The number of fused-ring (bicyclic) bond motifs is 1. The summed E-state index contributed by atoms with van der Waals surface area (Å²) in [5, 5.41) is 4.78. The first-order valence-electron chi connectivity index (χ1n) is 10.0. The molecule has 5 nitrogen and oxygen atoms in total. The zero-order chi connectivity index (χ0) is 19.0. The molecule has 1 N–H and O–H groups in total. The van der Waals surface area contributed by atoms with Crippen LogP contribution in [0, 0.1) is 5.92 Å². The van der Waals surface area contributed by atoms with Crippen LogP contribution in [0.3, 0.4) is 0 Å². The number of nitrogens with one attached hydrogen (secondary N) is 1. The highest BCUT2D eigenvalue weighted by Crippen LogP contribution is 2.40. The molecule has 6 heteroatoms. The highest BCUT2D eigenvalue weighted by atomic mass is 35.5. The topological polar surface area (TPSA) is 58.1 Å². The van der Waals surface area contributed by atoms with Gasteiger partial charge in [0.1, 0.15) is 11.6 Å². The summed E-state index contributed by atoms with van der Waals surface area (Å²) in [7, 11) is 0. The maximum atomic E-state index is 12.2. The van der Waals surface area contributed by atoms with Crippen molar-refractivity contribution in [2.24, 2.45) is 5.92 Å². The lowest BCUT2D eigenvalue weighted by molar-refractivity contribution is -0.121. The second-order valence-corrected chi connectivity index (χ2v) is 8.71. The SMILES string of the molecule is CC(C)CN(CCC(=O)NC1CC1)c1nc(C2CC2)nc2cc(Cl)ccc12. The van der Waals surface area contributed by atoms with Crippen LogP contribution >= 0.6 is 11.6 Å². The maximum absolute atomic E-state index is 12.2. The van der Waals surface area contributed by atoms with Gasteiger partial charge in [0.2, 0.25) is 5.91 Å². The van der Waals surface area contributed by atoms with Gasteiger partial charge >= 0.3 is 0 Å². The van der Waals surface area contributed by atoms with Crippen LogP contribution in [-0.2, 0) is 4.79 Å². The van der Waals surface area contributed by atoms with E-state index in [2.05, 4.69) is 24.1 Å². The molecule has 2 aliphatic rings. The number of hydrogen-bond acceptors (Lipinski definition) is 4. The van der Waals surface area contributed by atoms with Crippen molar-refractivity contribution in [1.82, 2.24) is 15.3 Å². The van der Waals surface area contributed by atoms with Gasteiger partial charge in [-0.05, 0) is 49.8 Å². The Morgan fingerprint density at radius 3 is 2.70 bits per heavy atom. The highest BCUT2D eigenvalue weighted by Gasteiger charge is 2.29. The first-order valence-corrected chi connectivity index (χ1v) is 10.4. The van der Waals surface area contributed by atoms with Crippen LogP contribution in [-0.4, -0.2) is 35.0 Å². The van der Waals surface area contributed by atoms with Gasteiger partial charge in [-0.3, -0.25) is 4.79 Å². The van der Waals surface area contributed by atoms with Crippen LogP contribution in [0.2, 0.25) is 5.02 Å². The van der Waals surface area contributed by atoms with Gasteiger partial charge < -0.3 is 10.2 Å². The molecule has 4 rings (SSSR count). The fourth-order valence-electron chi connectivity index (χ4n) is 3.36. The summed E-state index contributed by atoms with van der Waals surface area (Å²) < 4.78 is 0. The Labute approximate surface area is 165 Å². The fraction of sp³-hybridized carbons (Fsp3) is 0.571. The molecule has 1 amide bonds. The van der Waals surface area contributed by atoms with Gasteiger partial charge in [-0.1, -0.05) is 25.4 Å². The minimum Gasteiger partial charge on any atom is -0.355 e. The largest absolute Gasteiger partial charge is 0.355 e. The summed E-state index contributed by atoms with van der Waals surface area (Å²) in [4.78, 5) is 24.2. The number of rotatable bonds is 8. The van der Waals surface area contributed by atoms with E-state index in [9.17, 15) is 4.79 Å². The zero-order valence-corrected chi connectivity index (χ0v) is 16.8. The van der Waals surface area contributed by atoms with E-state index >= 15 is 0 Å². The highest BCUT2D eigenvalue weighted by molar-refractivity contribution is 6.31. The van der Waals surface area contributed by atoms with E-state index in [-0.39, 0.29) is 5.91 Å². The lowest BCUT2D eigenvalue weighted by Gasteiger charge is -2.27. The van der Waals surface area contributed by atoms with Crippen molar-refractivity contribution in [3.8, 4) is 0 Å². The summed E-state index contributed by atoms with van der Waals surface area (Å²) in [5.74, 6) is 2.92. The van der Waals surface area contributed by atoms with Gasteiger partial charge in [-0.15, -0.1) is 0 Å². The average Bonchev–Trinajstić information content (AvgIpc) is 3.51. The Morgan fingerprint density at radius 2 is 2.04 bits per heavy atom. The van der Waals surface area contributed by atoms with E-state index in [0.29, 0.717) is 35.9 Å². The molecule has 0 radical (unpaired) electrons. The van der Waals surface area contributed by atoms with Gasteiger partial charge in [-0.25, -0.2) is 9.97 Å². The van der Waals surface area contributed by atoms with E-state index in [0.717, 1.165) is 54.8 Å². The van der Waals surface area contributed by atoms with Crippen LogP contribution in [0.1, 0.15) is 57.7 Å². The Balaban J connectivity index is 1.64. The van der Waals surface area contributed by atoms with E-state index in [1.807, 2.05) is 18.2 Å². The van der Waals surface area contributed by atoms with Gasteiger partial charge in [0, 0.05) is 41.9 Å². The lowest BCUT2D eigenvalue weighted by Crippen LogP contribution is -2.34. The number of amides is 1. The molecule has 27 heavy (non-hydrogen) atoms. The van der Waals surface area contributed by atoms with E-state index in [1.165, 1.54) is 0 Å². The molecule has 0 atom stereocenters. The number of anilines is 1. The number of benzene rings is 1. The molecule has 1 heterocycles. The van der Waals surface area contributed by atoms with Crippen molar-refractivity contribution >= 4 is 34.2 Å². The zero-order valence-electron chi connectivity index (χ0n) is 16.0. The normalized spacial score (nSPS) is 16.7. The molecule has 1 aromatic heterocycles. The number of carbonyl (C=O) groups excluding carboxylic acids is 1. The molecule has 0 bridgehead atoms. The van der Waals surface area contributed by atoms with Gasteiger partial charge in [0.15, 0.2) is 0 Å². The predicted octanol–water partition coefficient (Wildman–Crippen LogP) is 4.29. The van der Waals surface area contributed by atoms with Crippen LogP contribution in [0.5, 0.6) is 0 Å². The number of nitrogens with zero attached hydrogens (tertiary/aromatic N) is 3. The Morgan fingerprint density at radius 1 is 1.26 bits per heavy atom. The van der Waals surface area contributed by atoms with Crippen molar-refractivity contribution in [2.45, 2.75) is 57.9 Å². The molecule has 144 valence electrons. The van der Waals surface area contributed by atoms with Crippen LogP contribution in [0.4, 0.5) is 5.82 Å². The third-order valence-electron chi connectivity index (χ3n) is 5.03. The summed E-state index contributed by atoms with van der Waals surface area (Å²) in [6.45, 7) is 5.91. The van der Waals surface area contributed by atoms with E-state index < -0.39 is 0 Å². The molecule has 0 saturated heterocycles. The predicted molar refractivity (Wildman–Crippen MR) is 109 cm³/mol. The molecule has 2 aliphatic carbocycles. The summed E-state index contributed by atoms with van der Waals surface area (Å²) in [6.07, 6.45) is 5.02. The number of halogens is 1. The molecule has 1 aromatic carbocycles. The van der Waals surface area contributed by atoms with E-state index in [1.54, 1.807) is 0 Å². The second-order valence-electron chi connectivity index (χ2n) is 8.27. The van der Waals surface area contributed by atoms with Crippen LogP contribution < -0.4 is 10.2 Å². The monoisotopic (exact) mass is 386 g/mol. The van der Waals surface area contributed by atoms with Crippen molar-refractivity contribution in [3.05, 3.63) is 29.0 Å². The Hall–Kier alpha value is -1.88. The minimum atomic E-state index is 0.134. The first-order chi connectivity index (χ1) is 13.0. The quantitative estimate of drug-likeness (QED) is 0.735. The van der Waals surface area contributed by atoms with Gasteiger partial charge in [0.25, 0.3) is 0 Å². The van der Waals surface area contributed by atoms with Gasteiger partial charge in [0.05, 0.1) is 5.52 Å². The minimum absolute atomic E-state index is 0.134. The third kappa shape index (κ3) is 4.70. The molecule has 2 saturated carbocycles. The van der Waals surface area contributed by atoms with Crippen molar-refractivity contribution in [3.63, 3.8) is 0 Å². The molecule has 0 unspecified atom stereocenters. The number of hydrogen-bond donors (Lipinski definition) is 1. The average molecular weight is 387 g/mol. The first kappa shape index (κ1) is 18.5. The van der Waals surface area contributed by atoms with Gasteiger partial charge in [-0.2, -0.15) is 0 Å². The van der Waals surface area contributed by atoms with Crippen LogP contribution in [0.25, 0.3) is 10.9 Å². The lowest BCUT2D eigenvalue weighted by atomic mass is 10.1. The second kappa shape index (κ2) is 7.63. The molecular weight excluding hydrogens is 360 g/mol. The fourth-order valence-corrected chi connectivity index (χ4v) is 3.52. The molecule has 0 aliphatic heterocycles. The summed E-state index contributed by atoms with van der Waals surface area (Å²) in [5.41, 5.74) is 0.894. The van der Waals surface area contributed by atoms with E-state index in [4.69, 9.17) is 21.6 Å².